The molecule has 2 amide bonds. The summed E-state index contributed by atoms with van der Waals surface area (Å²) in [5.74, 6) is -1.24. The third-order valence-electron chi connectivity index (χ3n) is 3.46. The zero-order valence-corrected chi connectivity index (χ0v) is 13.7. The average Bonchev–Trinajstić information content (AvgIpc) is 2.61. The summed E-state index contributed by atoms with van der Waals surface area (Å²) in [6.07, 6.45) is 3.44. The molecule has 0 bridgehead atoms. The van der Waals surface area contributed by atoms with E-state index in [0.29, 0.717) is 25.8 Å². The van der Waals surface area contributed by atoms with E-state index < -0.39 is 17.1 Å². The maximum atomic E-state index is 11.8. The van der Waals surface area contributed by atoms with Crippen molar-refractivity contribution in [3.63, 3.8) is 0 Å². The van der Waals surface area contributed by atoms with Gasteiger partial charge in [0.05, 0.1) is 0 Å². The van der Waals surface area contributed by atoms with E-state index in [0.717, 1.165) is 24.4 Å². The van der Waals surface area contributed by atoms with Gasteiger partial charge in [0.2, 0.25) is 11.3 Å². The van der Waals surface area contributed by atoms with Crippen LogP contribution >= 0.6 is 0 Å². The summed E-state index contributed by atoms with van der Waals surface area (Å²) in [7, 11) is 0. The lowest BCUT2D eigenvalue weighted by Crippen LogP contribution is -2.25. The van der Waals surface area contributed by atoms with Gasteiger partial charge in [-0.05, 0) is 25.0 Å². The van der Waals surface area contributed by atoms with E-state index in [-0.39, 0.29) is 11.7 Å². The van der Waals surface area contributed by atoms with Crippen molar-refractivity contribution in [2.24, 2.45) is 0 Å². The van der Waals surface area contributed by atoms with Crippen LogP contribution in [0.2, 0.25) is 0 Å². The summed E-state index contributed by atoms with van der Waals surface area (Å²) in [5.41, 5.74) is 0.107. The number of para-hydroxylation sites is 1. The lowest BCUT2D eigenvalue weighted by atomic mass is 10.2. The fraction of sp³-hybridized carbons (Fsp3) is 0.278. The van der Waals surface area contributed by atoms with E-state index in [2.05, 4.69) is 10.6 Å². The zero-order valence-electron chi connectivity index (χ0n) is 13.7. The Hall–Kier alpha value is -3.09. The first-order valence-corrected chi connectivity index (χ1v) is 8.01. The molecule has 2 aromatic rings. The molecule has 0 fully saturated rings. The highest BCUT2D eigenvalue weighted by Crippen LogP contribution is 2.07. The number of carbonyl (C=O) groups excluding carboxylic acids is 2. The van der Waals surface area contributed by atoms with Gasteiger partial charge in [0.25, 0.3) is 5.91 Å². The smallest absolute Gasteiger partial charge is 0.287 e. The summed E-state index contributed by atoms with van der Waals surface area (Å²) in [6.45, 7) is 0.406. The highest BCUT2D eigenvalue weighted by Gasteiger charge is 2.10. The van der Waals surface area contributed by atoms with Gasteiger partial charge < -0.3 is 20.2 Å². The Kier molecular flexibility index (Phi) is 6.76. The van der Waals surface area contributed by atoms with E-state index in [1.807, 2.05) is 30.3 Å². The van der Waals surface area contributed by atoms with Crippen LogP contribution < -0.4 is 16.1 Å². The molecule has 3 N–H and O–H groups in total. The summed E-state index contributed by atoms with van der Waals surface area (Å²) in [4.78, 5) is 34.7. The number of hydrogen-bond acceptors (Lipinski definition) is 5. The molecular formula is C18H20N2O5. The van der Waals surface area contributed by atoms with Crippen molar-refractivity contribution in [2.45, 2.75) is 25.7 Å². The summed E-state index contributed by atoms with van der Waals surface area (Å²) in [6, 6.07) is 10.2. The predicted molar refractivity (Wildman–Crippen MR) is 92.5 cm³/mol. The van der Waals surface area contributed by atoms with Crippen LogP contribution in [0.1, 0.15) is 36.2 Å². The quantitative estimate of drug-likeness (QED) is 0.637. The second kappa shape index (κ2) is 9.27. The van der Waals surface area contributed by atoms with Crippen LogP contribution in [-0.4, -0.2) is 23.5 Å². The Labute approximate surface area is 144 Å². The molecule has 1 heterocycles. The highest BCUT2D eigenvalue weighted by atomic mass is 16.4. The van der Waals surface area contributed by atoms with Crippen molar-refractivity contribution in [1.82, 2.24) is 5.32 Å². The topological polar surface area (TPSA) is 109 Å². The van der Waals surface area contributed by atoms with Crippen LogP contribution in [0.3, 0.4) is 0 Å². The van der Waals surface area contributed by atoms with Gasteiger partial charge in [-0.25, -0.2) is 0 Å². The highest BCUT2D eigenvalue weighted by molar-refractivity contribution is 5.91. The van der Waals surface area contributed by atoms with Crippen molar-refractivity contribution >= 4 is 17.5 Å². The minimum atomic E-state index is -0.666. The summed E-state index contributed by atoms with van der Waals surface area (Å²) >= 11 is 0. The first kappa shape index (κ1) is 18.3. The van der Waals surface area contributed by atoms with Crippen molar-refractivity contribution in [2.75, 3.05) is 11.9 Å². The molecule has 0 saturated heterocycles. The molecule has 0 aliphatic carbocycles. The first-order valence-electron chi connectivity index (χ1n) is 8.01. The molecule has 7 heteroatoms. The Morgan fingerprint density at radius 1 is 1.08 bits per heavy atom. The van der Waals surface area contributed by atoms with E-state index in [1.165, 1.54) is 0 Å². The third-order valence-corrected chi connectivity index (χ3v) is 3.46. The third kappa shape index (κ3) is 6.14. The van der Waals surface area contributed by atoms with Crippen LogP contribution in [0, 0.1) is 0 Å². The molecule has 0 saturated carbocycles. The van der Waals surface area contributed by atoms with E-state index in [1.54, 1.807) is 0 Å². The van der Waals surface area contributed by atoms with Gasteiger partial charge >= 0.3 is 0 Å². The van der Waals surface area contributed by atoms with Crippen LogP contribution in [0.15, 0.2) is 51.9 Å². The molecular weight excluding hydrogens is 324 g/mol. The molecule has 1 aromatic heterocycles. The minimum Gasteiger partial charge on any atom is -0.502 e. The van der Waals surface area contributed by atoms with E-state index in [9.17, 15) is 14.4 Å². The van der Waals surface area contributed by atoms with Crippen molar-refractivity contribution in [3.05, 3.63) is 58.6 Å². The van der Waals surface area contributed by atoms with Gasteiger partial charge in [-0.3, -0.25) is 14.4 Å². The second-order valence-corrected chi connectivity index (χ2v) is 5.47. The molecule has 0 aliphatic heterocycles. The Bertz CT molecular complexity index is 771. The minimum absolute atomic E-state index is 0.0406. The molecule has 0 spiro atoms. The number of benzene rings is 1. The number of hydrogen-bond donors (Lipinski definition) is 3. The van der Waals surface area contributed by atoms with Gasteiger partial charge in [0.1, 0.15) is 6.26 Å². The number of nitrogens with one attached hydrogen (secondary N) is 2. The Balaban J connectivity index is 1.60. The standard InChI is InChI=1S/C18H20N2O5/c21-14-11-16(25-12-15(14)22)18(24)19-10-6-2-5-9-17(23)20-13-7-3-1-4-8-13/h1,3-4,7-8,11-12,22H,2,5-6,9-10H2,(H,19,24)(H,20,23). The molecule has 0 aliphatic rings. The van der Waals surface area contributed by atoms with Gasteiger partial charge in [-0.2, -0.15) is 0 Å². The second-order valence-electron chi connectivity index (χ2n) is 5.47. The Morgan fingerprint density at radius 2 is 1.84 bits per heavy atom. The van der Waals surface area contributed by atoms with E-state index in [4.69, 9.17) is 9.52 Å². The van der Waals surface area contributed by atoms with Gasteiger partial charge in [-0.15, -0.1) is 0 Å². The van der Waals surface area contributed by atoms with Crippen molar-refractivity contribution in [1.29, 1.82) is 0 Å². The SMILES string of the molecule is O=C(CCCCCNC(=O)c1cc(=O)c(O)co1)Nc1ccccc1. The molecule has 0 atom stereocenters. The summed E-state index contributed by atoms with van der Waals surface area (Å²) < 4.78 is 4.85. The predicted octanol–water partition coefficient (Wildman–Crippen LogP) is 2.27. The fourth-order valence-electron chi connectivity index (χ4n) is 2.14. The zero-order chi connectivity index (χ0) is 18.1. The maximum Gasteiger partial charge on any atom is 0.287 e. The number of amides is 2. The van der Waals surface area contributed by atoms with Gasteiger partial charge in [-0.1, -0.05) is 24.6 Å². The van der Waals surface area contributed by atoms with Crippen molar-refractivity contribution < 1.29 is 19.1 Å². The van der Waals surface area contributed by atoms with Crippen molar-refractivity contribution in [3.8, 4) is 5.75 Å². The number of carbonyl (C=O) groups is 2. The van der Waals surface area contributed by atoms with Gasteiger partial charge in [0.15, 0.2) is 11.5 Å². The average molecular weight is 344 g/mol. The largest absolute Gasteiger partial charge is 0.502 e. The number of unbranched alkanes of at least 4 members (excludes halogenated alkanes) is 2. The summed E-state index contributed by atoms with van der Waals surface area (Å²) in [5, 5.41) is 14.5. The molecule has 25 heavy (non-hydrogen) atoms. The Morgan fingerprint density at radius 3 is 2.56 bits per heavy atom. The number of rotatable bonds is 8. The number of anilines is 1. The lowest BCUT2D eigenvalue weighted by Gasteiger charge is -2.06. The molecule has 2 rings (SSSR count). The molecule has 1 aromatic carbocycles. The fourth-order valence-corrected chi connectivity index (χ4v) is 2.14. The van der Waals surface area contributed by atoms with Crippen LogP contribution in [0.25, 0.3) is 0 Å². The number of aromatic hydroxyl groups is 1. The molecule has 0 unspecified atom stereocenters. The monoisotopic (exact) mass is 344 g/mol. The van der Waals surface area contributed by atoms with E-state index >= 15 is 0 Å². The first-order chi connectivity index (χ1) is 12.1. The molecule has 7 nitrogen and oxygen atoms in total. The van der Waals surface area contributed by atoms with Crippen LogP contribution in [0.5, 0.6) is 5.75 Å². The van der Waals surface area contributed by atoms with Crippen LogP contribution in [0.4, 0.5) is 5.69 Å². The van der Waals surface area contributed by atoms with Crippen LogP contribution in [-0.2, 0) is 4.79 Å². The van der Waals surface area contributed by atoms with Gasteiger partial charge in [0, 0.05) is 24.7 Å². The normalized spacial score (nSPS) is 10.2. The molecule has 132 valence electrons. The maximum absolute atomic E-state index is 11.8. The lowest BCUT2D eigenvalue weighted by molar-refractivity contribution is -0.116. The molecule has 0 radical (unpaired) electrons.